The normalized spacial score (nSPS) is 18.0. The summed E-state index contributed by atoms with van der Waals surface area (Å²) in [5.41, 5.74) is 0.792. The van der Waals surface area contributed by atoms with Gasteiger partial charge in [-0.3, -0.25) is 9.36 Å². The lowest BCUT2D eigenvalue weighted by Gasteiger charge is -2.33. The Bertz CT molecular complexity index is 716. The van der Waals surface area contributed by atoms with Crippen molar-refractivity contribution >= 4 is 17.7 Å². The maximum Gasteiger partial charge on any atom is 0.233 e. The molecule has 3 rings (SSSR count). The number of aromatic nitrogens is 3. The van der Waals surface area contributed by atoms with Crippen LogP contribution >= 0.6 is 11.8 Å². The molecule has 1 saturated heterocycles. The van der Waals surface area contributed by atoms with Gasteiger partial charge >= 0.3 is 0 Å². The summed E-state index contributed by atoms with van der Waals surface area (Å²) in [6.07, 6.45) is 3.34. The van der Waals surface area contributed by atoms with Gasteiger partial charge in [0.1, 0.15) is 11.6 Å². The Balaban J connectivity index is 1.72. The van der Waals surface area contributed by atoms with Crippen LogP contribution in [0.1, 0.15) is 32.0 Å². The van der Waals surface area contributed by atoms with Crippen LogP contribution in [0.2, 0.25) is 0 Å². The van der Waals surface area contributed by atoms with Crippen molar-refractivity contribution in [1.29, 1.82) is 0 Å². The molecule has 128 valence electrons. The molecule has 0 radical (unpaired) electrons. The molecule has 0 unspecified atom stereocenters. The van der Waals surface area contributed by atoms with Gasteiger partial charge in [-0.1, -0.05) is 11.8 Å². The molecule has 7 heteroatoms. The van der Waals surface area contributed by atoms with Crippen molar-refractivity contribution in [3.8, 4) is 5.69 Å². The number of likely N-dealkylation sites (tertiary alicyclic amines) is 1. The lowest BCUT2D eigenvalue weighted by molar-refractivity contribution is -0.131. The number of halogens is 1. The van der Waals surface area contributed by atoms with Crippen molar-refractivity contribution in [2.75, 3.05) is 12.3 Å². The van der Waals surface area contributed by atoms with Gasteiger partial charge in [0, 0.05) is 18.3 Å². The molecule has 1 aromatic heterocycles. The summed E-state index contributed by atoms with van der Waals surface area (Å²) < 4.78 is 15.0. The second kappa shape index (κ2) is 7.34. The summed E-state index contributed by atoms with van der Waals surface area (Å²) in [6.45, 7) is 4.78. The number of carbonyl (C=O) groups excluding carboxylic acids is 1. The van der Waals surface area contributed by atoms with Crippen LogP contribution in [0.4, 0.5) is 4.39 Å². The molecule has 1 fully saturated rings. The highest BCUT2D eigenvalue weighted by molar-refractivity contribution is 7.99. The number of piperidine rings is 1. The Hall–Kier alpha value is -1.89. The molecule has 0 bridgehead atoms. The summed E-state index contributed by atoms with van der Waals surface area (Å²) in [7, 11) is 0. The molecule has 24 heavy (non-hydrogen) atoms. The first-order chi connectivity index (χ1) is 11.6. The number of thioether (sulfide) groups is 1. The largest absolute Gasteiger partial charge is 0.339 e. The smallest absolute Gasteiger partial charge is 0.233 e. The minimum atomic E-state index is -0.284. The van der Waals surface area contributed by atoms with E-state index in [1.54, 1.807) is 12.1 Å². The molecule has 0 saturated carbocycles. The average Bonchev–Trinajstić information content (AvgIpc) is 2.95. The molecule has 1 atom stereocenters. The Kier molecular flexibility index (Phi) is 5.18. The van der Waals surface area contributed by atoms with Gasteiger partial charge in [-0.2, -0.15) is 0 Å². The fourth-order valence-electron chi connectivity index (χ4n) is 3.00. The molecule has 2 aromatic rings. The van der Waals surface area contributed by atoms with Crippen LogP contribution in [-0.4, -0.2) is 43.9 Å². The first-order valence-electron chi connectivity index (χ1n) is 8.16. The lowest BCUT2D eigenvalue weighted by Crippen LogP contribution is -2.42. The van der Waals surface area contributed by atoms with E-state index in [4.69, 9.17) is 0 Å². The number of benzene rings is 1. The van der Waals surface area contributed by atoms with Gasteiger partial charge in [0.2, 0.25) is 5.91 Å². The molecule has 0 aliphatic carbocycles. The van der Waals surface area contributed by atoms with E-state index < -0.39 is 0 Å². The third kappa shape index (κ3) is 3.61. The van der Waals surface area contributed by atoms with E-state index in [2.05, 4.69) is 17.1 Å². The van der Waals surface area contributed by atoms with Crippen LogP contribution in [-0.2, 0) is 4.79 Å². The predicted molar refractivity (Wildman–Crippen MR) is 91.8 cm³/mol. The van der Waals surface area contributed by atoms with Crippen molar-refractivity contribution in [2.24, 2.45) is 0 Å². The summed E-state index contributed by atoms with van der Waals surface area (Å²) >= 11 is 1.38. The zero-order chi connectivity index (χ0) is 17.1. The van der Waals surface area contributed by atoms with E-state index in [-0.39, 0.29) is 11.7 Å². The second-order valence-electron chi connectivity index (χ2n) is 6.06. The Labute approximate surface area is 145 Å². The molecule has 5 nitrogen and oxygen atoms in total. The van der Waals surface area contributed by atoms with Crippen molar-refractivity contribution in [3.63, 3.8) is 0 Å². The molecule has 1 amide bonds. The predicted octanol–water partition coefficient (Wildman–Crippen LogP) is 3.21. The van der Waals surface area contributed by atoms with Crippen LogP contribution < -0.4 is 0 Å². The van der Waals surface area contributed by atoms with Crippen LogP contribution in [0, 0.1) is 12.7 Å². The van der Waals surface area contributed by atoms with Gasteiger partial charge in [-0.15, -0.1) is 10.2 Å². The lowest BCUT2D eigenvalue weighted by atomic mass is 10.0. The van der Waals surface area contributed by atoms with Crippen LogP contribution in [0.15, 0.2) is 29.4 Å². The summed E-state index contributed by atoms with van der Waals surface area (Å²) in [5.74, 6) is 0.901. The summed E-state index contributed by atoms with van der Waals surface area (Å²) in [6, 6.07) is 6.49. The second-order valence-corrected chi connectivity index (χ2v) is 7.00. The van der Waals surface area contributed by atoms with Crippen molar-refractivity contribution in [1.82, 2.24) is 19.7 Å². The van der Waals surface area contributed by atoms with Crippen molar-refractivity contribution < 1.29 is 9.18 Å². The van der Waals surface area contributed by atoms with E-state index in [1.807, 2.05) is 16.4 Å². The van der Waals surface area contributed by atoms with Gasteiger partial charge < -0.3 is 4.90 Å². The van der Waals surface area contributed by atoms with Crippen LogP contribution in [0.25, 0.3) is 5.69 Å². The molecule has 0 spiro atoms. The number of nitrogens with zero attached hydrogens (tertiary/aromatic N) is 4. The van der Waals surface area contributed by atoms with Crippen molar-refractivity contribution in [3.05, 3.63) is 35.9 Å². The fourth-order valence-corrected chi connectivity index (χ4v) is 3.89. The third-order valence-corrected chi connectivity index (χ3v) is 5.24. The fraction of sp³-hybridized carbons (Fsp3) is 0.471. The molecule has 1 aromatic carbocycles. The topological polar surface area (TPSA) is 51.0 Å². The van der Waals surface area contributed by atoms with Gasteiger partial charge in [-0.05, 0) is 57.4 Å². The molecule has 1 aliphatic rings. The average molecular weight is 348 g/mol. The number of rotatable bonds is 4. The first kappa shape index (κ1) is 17.0. The number of carbonyl (C=O) groups is 1. The van der Waals surface area contributed by atoms with E-state index in [0.29, 0.717) is 22.8 Å². The standard InChI is InChI=1S/C17H21FN4OS/c1-12-5-3-4-10-21(12)16(23)11-24-17-20-19-13(2)22(17)15-8-6-14(18)7-9-15/h6-9,12H,3-5,10-11H2,1-2H3/t12-/m0/s1. The Morgan fingerprint density at radius 1 is 1.29 bits per heavy atom. The summed E-state index contributed by atoms with van der Waals surface area (Å²) in [4.78, 5) is 14.4. The molecule has 1 aliphatic heterocycles. The van der Waals surface area contributed by atoms with E-state index >= 15 is 0 Å². The minimum Gasteiger partial charge on any atom is -0.339 e. The first-order valence-corrected chi connectivity index (χ1v) is 9.15. The molecular formula is C17H21FN4OS. The van der Waals surface area contributed by atoms with Crippen LogP contribution in [0.3, 0.4) is 0 Å². The van der Waals surface area contributed by atoms with Gasteiger partial charge in [0.15, 0.2) is 5.16 Å². The number of hydrogen-bond donors (Lipinski definition) is 0. The molecular weight excluding hydrogens is 327 g/mol. The number of aryl methyl sites for hydroxylation is 1. The Morgan fingerprint density at radius 2 is 2.04 bits per heavy atom. The molecule has 2 heterocycles. The zero-order valence-electron chi connectivity index (χ0n) is 13.9. The quantitative estimate of drug-likeness (QED) is 0.796. The minimum absolute atomic E-state index is 0.138. The van der Waals surface area contributed by atoms with Gasteiger partial charge in [0.25, 0.3) is 0 Å². The van der Waals surface area contributed by atoms with Crippen molar-refractivity contribution in [2.45, 2.75) is 44.3 Å². The maximum atomic E-state index is 13.1. The highest BCUT2D eigenvalue weighted by Gasteiger charge is 2.24. The zero-order valence-corrected chi connectivity index (χ0v) is 14.7. The Morgan fingerprint density at radius 3 is 2.75 bits per heavy atom. The van der Waals surface area contributed by atoms with Crippen LogP contribution in [0.5, 0.6) is 0 Å². The number of amides is 1. The van der Waals surface area contributed by atoms with E-state index in [1.165, 1.54) is 30.3 Å². The third-order valence-electron chi connectivity index (χ3n) is 4.33. The maximum absolute atomic E-state index is 13.1. The monoisotopic (exact) mass is 348 g/mol. The summed E-state index contributed by atoms with van der Waals surface area (Å²) in [5, 5.41) is 8.91. The molecule has 0 N–H and O–H groups in total. The van der Waals surface area contributed by atoms with E-state index in [0.717, 1.165) is 25.1 Å². The van der Waals surface area contributed by atoms with Gasteiger partial charge in [-0.25, -0.2) is 4.39 Å². The number of hydrogen-bond acceptors (Lipinski definition) is 4. The SMILES string of the molecule is Cc1nnc(SCC(=O)N2CCCC[C@@H]2C)n1-c1ccc(F)cc1. The highest BCUT2D eigenvalue weighted by Crippen LogP contribution is 2.24. The highest BCUT2D eigenvalue weighted by atomic mass is 32.2. The van der Waals surface area contributed by atoms with E-state index in [9.17, 15) is 9.18 Å². The van der Waals surface area contributed by atoms with Gasteiger partial charge in [0.05, 0.1) is 5.75 Å².